The molecule has 0 aromatic heterocycles. The molecule has 1 atom stereocenters. The van der Waals surface area contributed by atoms with E-state index in [1.807, 2.05) is 0 Å². The van der Waals surface area contributed by atoms with Crippen LogP contribution in [0.4, 0.5) is 0 Å². The van der Waals surface area contributed by atoms with Crippen molar-refractivity contribution in [3.63, 3.8) is 0 Å². The van der Waals surface area contributed by atoms with E-state index in [1.54, 1.807) is 0 Å². The van der Waals surface area contributed by atoms with Gasteiger partial charge in [0.1, 0.15) is 0 Å². The first-order valence-corrected chi connectivity index (χ1v) is 10.7. The van der Waals surface area contributed by atoms with Gasteiger partial charge in [-0.1, -0.05) is 84.0 Å². The maximum Gasteiger partial charge on any atom is 1.00 e. The van der Waals surface area contributed by atoms with Crippen molar-refractivity contribution in [3.05, 3.63) is 0 Å². The smallest absolute Gasteiger partial charge is 0.548 e. The van der Waals surface area contributed by atoms with Gasteiger partial charge in [0.25, 0.3) is 0 Å². The van der Waals surface area contributed by atoms with Crippen molar-refractivity contribution in [2.24, 2.45) is 0 Å². The topological polar surface area (TPSA) is 60.4 Å². The van der Waals surface area contributed by atoms with E-state index in [9.17, 15) is 14.7 Å². The Hall–Kier alpha value is -0.0600. The Morgan fingerprint density at radius 3 is 1.77 bits per heavy atom. The number of hydrogen-bond acceptors (Lipinski definition) is 3. The number of rotatable bonds is 15. The molecule has 0 N–H and O–H groups in total. The number of amides is 1. The van der Waals surface area contributed by atoms with Crippen LogP contribution in [0, 0.1) is 0 Å². The molecule has 1 aliphatic heterocycles. The van der Waals surface area contributed by atoms with Crippen molar-refractivity contribution in [2.75, 3.05) is 6.54 Å². The standard InChI is InChI=1S/C21H39NO3.Na/c1-2-3-4-5-6-7-8-9-10-11-12-13-14-17-20(23)22-18-15-16-19(22)21(24)25;/h19H,2-18H2,1H3,(H,24,25);/q;+1/p-1. The molecule has 1 unspecified atom stereocenters. The van der Waals surface area contributed by atoms with Crippen LogP contribution in [0.15, 0.2) is 0 Å². The molecule has 1 rings (SSSR count). The van der Waals surface area contributed by atoms with Crippen LogP contribution in [-0.4, -0.2) is 29.4 Å². The summed E-state index contributed by atoms with van der Waals surface area (Å²) >= 11 is 0. The third-order valence-corrected chi connectivity index (χ3v) is 5.34. The predicted octanol–water partition coefficient (Wildman–Crippen LogP) is 1.21. The molecule has 1 aliphatic rings. The van der Waals surface area contributed by atoms with Gasteiger partial charge in [0, 0.05) is 13.0 Å². The van der Waals surface area contributed by atoms with E-state index in [0.717, 1.165) is 19.3 Å². The van der Waals surface area contributed by atoms with Crippen LogP contribution in [0.3, 0.4) is 0 Å². The summed E-state index contributed by atoms with van der Waals surface area (Å²) in [6.45, 7) is 2.84. The molecule has 5 heteroatoms. The van der Waals surface area contributed by atoms with Crippen molar-refractivity contribution >= 4 is 11.9 Å². The van der Waals surface area contributed by atoms with E-state index in [2.05, 4.69) is 6.92 Å². The molecule has 0 aromatic rings. The zero-order valence-electron chi connectivity index (χ0n) is 17.3. The number of unbranched alkanes of at least 4 members (excludes halogenated alkanes) is 12. The molecular formula is C21H38NNaO3. The van der Waals surface area contributed by atoms with Gasteiger partial charge in [0.15, 0.2) is 0 Å². The summed E-state index contributed by atoms with van der Waals surface area (Å²) in [6, 6.07) is -0.686. The molecule has 1 saturated heterocycles. The van der Waals surface area contributed by atoms with Crippen LogP contribution in [-0.2, 0) is 9.59 Å². The monoisotopic (exact) mass is 375 g/mol. The zero-order chi connectivity index (χ0) is 18.3. The third kappa shape index (κ3) is 11.6. The quantitative estimate of drug-likeness (QED) is 0.319. The summed E-state index contributed by atoms with van der Waals surface area (Å²) in [7, 11) is 0. The SMILES string of the molecule is CCCCCCCCCCCCCCCC(=O)N1CCCC1C(=O)[O-].[Na+]. The molecule has 26 heavy (non-hydrogen) atoms. The van der Waals surface area contributed by atoms with Gasteiger partial charge in [0.2, 0.25) is 5.91 Å². The average Bonchev–Trinajstić information content (AvgIpc) is 3.09. The molecule has 146 valence electrons. The number of carbonyl (C=O) groups excluding carboxylic acids is 2. The van der Waals surface area contributed by atoms with Crippen molar-refractivity contribution in [3.8, 4) is 0 Å². The van der Waals surface area contributed by atoms with E-state index >= 15 is 0 Å². The molecule has 0 spiro atoms. The first-order valence-electron chi connectivity index (χ1n) is 10.7. The van der Waals surface area contributed by atoms with Gasteiger partial charge in [-0.2, -0.15) is 0 Å². The minimum atomic E-state index is -1.10. The van der Waals surface area contributed by atoms with Gasteiger partial charge in [-0.3, -0.25) is 4.79 Å². The van der Waals surface area contributed by atoms with E-state index in [-0.39, 0.29) is 35.5 Å². The Balaban J connectivity index is 0.00000625. The van der Waals surface area contributed by atoms with Crippen molar-refractivity contribution in [1.29, 1.82) is 0 Å². The summed E-state index contributed by atoms with van der Waals surface area (Å²) in [6.07, 6.45) is 18.5. The first kappa shape index (κ1) is 25.9. The first-order chi connectivity index (χ1) is 12.2. The summed E-state index contributed by atoms with van der Waals surface area (Å²) in [4.78, 5) is 24.6. The van der Waals surface area contributed by atoms with Crippen LogP contribution in [0.2, 0.25) is 0 Å². The van der Waals surface area contributed by atoms with Gasteiger partial charge in [0.05, 0.1) is 12.0 Å². The van der Waals surface area contributed by atoms with Crippen molar-refractivity contribution < 1.29 is 44.3 Å². The molecule has 0 bridgehead atoms. The molecule has 0 saturated carbocycles. The Kier molecular flexibility index (Phi) is 17.0. The second-order valence-corrected chi connectivity index (χ2v) is 7.56. The van der Waals surface area contributed by atoms with E-state index in [1.165, 1.54) is 75.5 Å². The second kappa shape index (κ2) is 17.1. The summed E-state index contributed by atoms with van der Waals surface area (Å²) in [5, 5.41) is 11.0. The van der Waals surface area contributed by atoms with Crippen LogP contribution in [0.1, 0.15) is 110 Å². The Labute approximate surface area is 182 Å². The maximum absolute atomic E-state index is 12.1. The normalized spacial score (nSPS) is 16.5. The van der Waals surface area contributed by atoms with Gasteiger partial charge < -0.3 is 14.8 Å². The van der Waals surface area contributed by atoms with Crippen LogP contribution < -0.4 is 34.7 Å². The molecule has 4 nitrogen and oxygen atoms in total. The average molecular weight is 376 g/mol. The molecule has 0 aromatic carbocycles. The number of hydrogen-bond donors (Lipinski definition) is 0. The zero-order valence-corrected chi connectivity index (χ0v) is 19.3. The largest absolute Gasteiger partial charge is 1.00 e. The number of likely N-dealkylation sites (tertiary alicyclic amines) is 1. The third-order valence-electron chi connectivity index (χ3n) is 5.34. The predicted molar refractivity (Wildman–Crippen MR) is 100 cm³/mol. The minimum absolute atomic E-state index is 0. The maximum atomic E-state index is 12.1. The van der Waals surface area contributed by atoms with Gasteiger partial charge in [-0.05, 0) is 19.3 Å². The fourth-order valence-electron chi connectivity index (χ4n) is 3.75. The Morgan fingerprint density at radius 2 is 1.31 bits per heavy atom. The number of nitrogens with zero attached hydrogens (tertiary/aromatic N) is 1. The van der Waals surface area contributed by atoms with Gasteiger partial charge in [-0.25, -0.2) is 0 Å². The summed E-state index contributed by atoms with van der Waals surface area (Å²) in [5.41, 5.74) is 0. The Bertz CT molecular complexity index is 376. The molecule has 0 aliphatic carbocycles. The number of aliphatic carboxylic acids is 1. The van der Waals surface area contributed by atoms with Gasteiger partial charge in [-0.15, -0.1) is 0 Å². The number of carboxylic acids is 1. The van der Waals surface area contributed by atoms with Gasteiger partial charge >= 0.3 is 29.6 Å². The number of carboxylic acid groups (broad SMARTS) is 1. The molecule has 1 heterocycles. The molecule has 0 radical (unpaired) electrons. The number of carbonyl (C=O) groups is 2. The van der Waals surface area contributed by atoms with Crippen molar-refractivity contribution in [2.45, 2.75) is 116 Å². The molecular weight excluding hydrogens is 337 g/mol. The van der Waals surface area contributed by atoms with Crippen LogP contribution in [0.5, 0.6) is 0 Å². The Morgan fingerprint density at radius 1 is 0.846 bits per heavy atom. The second-order valence-electron chi connectivity index (χ2n) is 7.56. The summed E-state index contributed by atoms with van der Waals surface area (Å²) < 4.78 is 0. The fraction of sp³-hybridized carbons (Fsp3) is 0.905. The molecule has 1 amide bonds. The van der Waals surface area contributed by atoms with Crippen molar-refractivity contribution in [1.82, 2.24) is 4.90 Å². The van der Waals surface area contributed by atoms with Crippen LogP contribution >= 0.6 is 0 Å². The van der Waals surface area contributed by atoms with E-state index in [0.29, 0.717) is 19.4 Å². The van der Waals surface area contributed by atoms with E-state index in [4.69, 9.17) is 0 Å². The fourth-order valence-corrected chi connectivity index (χ4v) is 3.75. The summed E-state index contributed by atoms with van der Waals surface area (Å²) in [5.74, 6) is -1.11. The van der Waals surface area contributed by atoms with E-state index < -0.39 is 12.0 Å². The van der Waals surface area contributed by atoms with Crippen LogP contribution in [0.25, 0.3) is 0 Å². The molecule has 1 fully saturated rings. The minimum Gasteiger partial charge on any atom is -0.548 e.